The maximum absolute atomic E-state index is 5.06. The predicted molar refractivity (Wildman–Crippen MR) is 52.4 cm³/mol. The van der Waals surface area contributed by atoms with Crippen molar-refractivity contribution >= 4 is 0 Å². The van der Waals surface area contributed by atoms with E-state index in [1.165, 1.54) is 11.1 Å². The Bertz CT molecular complexity index is 260. The summed E-state index contributed by atoms with van der Waals surface area (Å²) in [5, 5.41) is 0. The van der Waals surface area contributed by atoms with Gasteiger partial charge in [0.25, 0.3) is 0 Å². The van der Waals surface area contributed by atoms with Crippen LogP contribution in [0, 0.1) is 0 Å². The lowest BCUT2D eigenvalue weighted by atomic mass is 10.1. The Morgan fingerprint density at radius 3 is 2.38 bits per heavy atom. The molecule has 0 spiro atoms. The maximum atomic E-state index is 5.06. The van der Waals surface area contributed by atoms with Crippen LogP contribution in [0.1, 0.15) is 11.1 Å². The molecule has 13 heavy (non-hydrogen) atoms. The van der Waals surface area contributed by atoms with E-state index in [0.29, 0.717) is 0 Å². The minimum Gasteiger partial charge on any atom is -0.383 e. The van der Waals surface area contributed by atoms with Crippen LogP contribution in [0.15, 0.2) is 24.3 Å². The monoisotopic (exact) mass is 177 g/mol. The summed E-state index contributed by atoms with van der Waals surface area (Å²) in [6.07, 6.45) is 0. The van der Waals surface area contributed by atoms with E-state index < -0.39 is 0 Å². The first-order valence-electron chi connectivity index (χ1n) is 4.68. The van der Waals surface area contributed by atoms with Gasteiger partial charge >= 0.3 is 0 Å². The molecule has 0 bridgehead atoms. The molecular weight excluding hydrogens is 162 g/mol. The lowest BCUT2D eigenvalue weighted by molar-refractivity contribution is 0.147. The Balaban J connectivity index is 1.97. The molecule has 2 heteroatoms. The first kappa shape index (κ1) is 8.73. The number of benzene rings is 1. The molecule has 70 valence electrons. The van der Waals surface area contributed by atoms with Crippen molar-refractivity contribution in [2.45, 2.75) is 13.1 Å². The molecule has 0 unspecified atom stereocenters. The van der Waals surface area contributed by atoms with Crippen molar-refractivity contribution in [3.05, 3.63) is 35.4 Å². The number of nitrogens with zero attached hydrogens (tertiary/aromatic N) is 1. The largest absolute Gasteiger partial charge is 0.383 e. The Morgan fingerprint density at radius 2 is 1.85 bits per heavy atom. The van der Waals surface area contributed by atoms with Crippen LogP contribution in [0.2, 0.25) is 0 Å². The fourth-order valence-electron chi connectivity index (χ4n) is 1.78. The molecule has 0 saturated heterocycles. The van der Waals surface area contributed by atoms with E-state index in [4.69, 9.17) is 4.74 Å². The second-order valence-corrected chi connectivity index (χ2v) is 3.47. The average molecular weight is 177 g/mol. The van der Waals surface area contributed by atoms with Crippen LogP contribution in [0.25, 0.3) is 0 Å². The summed E-state index contributed by atoms with van der Waals surface area (Å²) in [7, 11) is 1.75. The van der Waals surface area contributed by atoms with Crippen LogP contribution < -0.4 is 0 Å². The first-order chi connectivity index (χ1) is 6.40. The van der Waals surface area contributed by atoms with Crippen LogP contribution in [-0.2, 0) is 17.8 Å². The van der Waals surface area contributed by atoms with Gasteiger partial charge < -0.3 is 4.74 Å². The summed E-state index contributed by atoms with van der Waals surface area (Å²) in [5.41, 5.74) is 2.94. The number of ether oxygens (including phenoxy) is 1. The number of hydrogen-bond acceptors (Lipinski definition) is 2. The zero-order valence-corrected chi connectivity index (χ0v) is 7.99. The summed E-state index contributed by atoms with van der Waals surface area (Å²) in [6, 6.07) is 8.64. The maximum Gasteiger partial charge on any atom is 0.0589 e. The normalized spacial score (nSPS) is 16.1. The van der Waals surface area contributed by atoms with Gasteiger partial charge in [0.1, 0.15) is 0 Å². The molecule has 0 aliphatic carbocycles. The fourth-order valence-corrected chi connectivity index (χ4v) is 1.78. The van der Waals surface area contributed by atoms with E-state index >= 15 is 0 Å². The average Bonchev–Trinajstić information content (AvgIpc) is 2.57. The summed E-state index contributed by atoms with van der Waals surface area (Å²) in [4.78, 5) is 2.41. The first-order valence-corrected chi connectivity index (χ1v) is 4.68. The lowest BCUT2D eigenvalue weighted by Gasteiger charge is -2.13. The highest BCUT2D eigenvalue weighted by Gasteiger charge is 2.16. The zero-order chi connectivity index (χ0) is 9.10. The number of methoxy groups -OCH3 is 1. The number of rotatable bonds is 3. The molecule has 0 aromatic heterocycles. The third-order valence-corrected chi connectivity index (χ3v) is 2.52. The second kappa shape index (κ2) is 3.90. The topological polar surface area (TPSA) is 12.5 Å². The van der Waals surface area contributed by atoms with Crippen LogP contribution in [0.4, 0.5) is 0 Å². The molecule has 1 heterocycles. The van der Waals surface area contributed by atoms with Crippen molar-refractivity contribution in [3.63, 3.8) is 0 Å². The van der Waals surface area contributed by atoms with Gasteiger partial charge in [0.15, 0.2) is 0 Å². The van der Waals surface area contributed by atoms with Crippen molar-refractivity contribution in [2.24, 2.45) is 0 Å². The number of hydrogen-bond donors (Lipinski definition) is 0. The molecule has 0 fully saturated rings. The zero-order valence-electron chi connectivity index (χ0n) is 7.99. The molecule has 0 radical (unpaired) electrons. The molecule has 2 rings (SSSR count). The smallest absolute Gasteiger partial charge is 0.0589 e. The van der Waals surface area contributed by atoms with Crippen molar-refractivity contribution < 1.29 is 4.74 Å². The van der Waals surface area contributed by atoms with Crippen molar-refractivity contribution in [1.82, 2.24) is 4.90 Å². The standard InChI is InChI=1S/C11H15NO/c1-13-7-6-12-8-10-4-2-3-5-11(10)9-12/h2-5H,6-9H2,1H3. The Kier molecular flexibility index (Phi) is 2.62. The van der Waals surface area contributed by atoms with Crippen molar-refractivity contribution in [3.8, 4) is 0 Å². The third-order valence-electron chi connectivity index (χ3n) is 2.52. The Labute approximate surface area is 79.1 Å². The van der Waals surface area contributed by atoms with E-state index in [0.717, 1.165) is 26.2 Å². The molecule has 1 aromatic rings. The van der Waals surface area contributed by atoms with Gasteiger partial charge in [0, 0.05) is 26.7 Å². The van der Waals surface area contributed by atoms with E-state index in [2.05, 4.69) is 29.2 Å². The molecule has 2 nitrogen and oxygen atoms in total. The molecular formula is C11H15NO. The molecule has 1 aliphatic heterocycles. The highest BCUT2D eigenvalue weighted by Crippen LogP contribution is 2.21. The van der Waals surface area contributed by atoms with Crippen molar-refractivity contribution in [2.75, 3.05) is 20.3 Å². The van der Waals surface area contributed by atoms with Crippen LogP contribution in [0.5, 0.6) is 0 Å². The molecule has 0 N–H and O–H groups in total. The summed E-state index contributed by atoms with van der Waals surface area (Å²) < 4.78 is 5.06. The predicted octanol–water partition coefficient (Wildman–Crippen LogP) is 1.65. The molecule has 0 atom stereocenters. The molecule has 1 aliphatic rings. The van der Waals surface area contributed by atoms with Crippen molar-refractivity contribution in [1.29, 1.82) is 0 Å². The quantitative estimate of drug-likeness (QED) is 0.696. The third kappa shape index (κ3) is 1.90. The van der Waals surface area contributed by atoms with Gasteiger partial charge in [-0.2, -0.15) is 0 Å². The molecule has 0 saturated carbocycles. The highest BCUT2D eigenvalue weighted by molar-refractivity contribution is 5.30. The fraction of sp³-hybridized carbons (Fsp3) is 0.455. The van der Waals surface area contributed by atoms with Gasteiger partial charge in [-0.3, -0.25) is 4.90 Å². The second-order valence-electron chi connectivity index (χ2n) is 3.47. The summed E-state index contributed by atoms with van der Waals surface area (Å²) in [6.45, 7) is 4.03. The van der Waals surface area contributed by atoms with Gasteiger partial charge in [0.05, 0.1) is 6.61 Å². The molecule has 1 aromatic carbocycles. The minimum atomic E-state index is 0.827. The van der Waals surface area contributed by atoms with Crippen LogP contribution in [0.3, 0.4) is 0 Å². The summed E-state index contributed by atoms with van der Waals surface area (Å²) >= 11 is 0. The highest BCUT2D eigenvalue weighted by atomic mass is 16.5. The lowest BCUT2D eigenvalue weighted by Crippen LogP contribution is -2.21. The van der Waals surface area contributed by atoms with Gasteiger partial charge in [-0.25, -0.2) is 0 Å². The van der Waals surface area contributed by atoms with Crippen LogP contribution in [-0.4, -0.2) is 25.2 Å². The van der Waals surface area contributed by atoms with Crippen LogP contribution >= 0.6 is 0 Å². The van der Waals surface area contributed by atoms with E-state index in [9.17, 15) is 0 Å². The Morgan fingerprint density at radius 1 is 1.23 bits per heavy atom. The summed E-state index contributed by atoms with van der Waals surface area (Å²) in [5.74, 6) is 0. The van der Waals surface area contributed by atoms with E-state index in [-0.39, 0.29) is 0 Å². The van der Waals surface area contributed by atoms with Gasteiger partial charge in [-0.15, -0.1) is 0 Å². The molecule has 0 amide bonds. The minimum absolute atomic E-state index is 0.827. The van der Waals surface area contributed by atoms with Gasteiger partial charge in [-0.05, 0) is 11.1 Å². The van der Waals surface area contributed by atoms with Gasteiger partial charge in [0.2, 0.25) is 0 Å². The SMILES string of the molecule is COCCN1Cc2ccccc2C1. The van der Waals surface area contributed by atoms with E-state index in [1.54, 1.807) is 7.11 Å². The van der Waals surface area contributed by atoms with Gasteiger partial charge in [-0.1, -0.05) is 24.3 Å². The van der Waals surface area contributed by atoms with E-state index in [1.807, 2.05) is 0 Å². The Hall–Kier alpha value is -0.860. The number of fused-ring (bicyclic) bond motifs is 1.